The van der Waals surface area contributed by atoms with E-state index >= 15 is 0 Å². The van der Waals surface area contributed by atoms with Crippen LogP contribution < -0.4 is 5.32 Å². The third kappa shape index (κ3) is 3.33. The summed E-state index contributed by atoms with van der Waals surface area (Å²) >= 11 is 17.6. The standard InChI is InChI=1S/C14H11Cl3FN/c1-8(10-4-2-3-5-11(10)15)19-9-6-12(16)14(18)13(17)7-9/h2-8,19H,1H3. The smallest absolute Gasteiger partial charge is 0.160 e. The first-order chi connectivity index (χ1) is 8.99. The fraction of sp³-hybridized carbons (Fsp3) is 0.143. The zero-order chi connectivity index (χ0) is 14.0. The summed E-state index contributed by atoms with van der Waals surface area (Å²) in [4.78, 5) is 0. The lowest BCUT2D eigenvalue weighted by molar-refractivity contribution is 0.628. The Morgan fingerprint density at radius 3 is 2.16 bits per heavy atom. The molecule has 0 heterocycles. The number of anilines is 1. The lowest BCUT2D eigenvalue weighted by Crippen LogP contribution is -2.07. The average molecular weight is 319 g/mol. The summed E-state index contributed by atoms with van der Waals surface area (Å²) in [6, 6.07) is 10.5. The summed E-state index contributed by atoms with van der Waals surface area (Å²) in [5, 5.41) is 3.83. The third-order valence-electron chi connectivity index (χ3n) is 2.74. The van der Waals surface area contributed by atoms with E-state index in [-0.39, 0.29) is 16.1 Å². The molecule has 5 heteroatoms. The van der Waals surface area contributed by atoms with Gasteiger partial charge in [0, 0.05) is 16.8 Å². The molecule has 1 N–H and O–H groups in total. The van der Waals surface area contributed by atoms with E-state index < -0.39 is 5.82 Å². The molecule has 0 fully saturated rings. The van der Waals surface area contributed by atoms with Gasteiger partial charge < -0.3 is 5.32 Å². The maximum absolute atomic E-state index is 13.3. The van der Waals surface area contributed by atoms with Gasteiger partial charge in [0.05, 0.1) is 10.0 Å². The van der Waals surface area contributed by atoms with E-state index in [9.17, 15) is 4.39 Å². The maximum Gasteiger partial charge on any atom is 0.160 e. The van der Waals surface area contributed by atoms with Gasteiger partial charge in [0.25, 0.3) is 0 Å². The fourth-order valence-corrected chi connectivity index (χ4v) is 2.58. The Hall–Kier alpha value is -0.960. The van der Waals surface area contributed by atoms with Gasteiger partial charge in [-0.05, 0) is 30.7 Å². The van der Waals surface area contributed by atoms with Crippen molar-refractivity contribution in [3.05, 3.63) is 62.8 Å². The summed E-state index contributed by atoms with van der Waals surface area (Å²) in [7, 11) is 0. The van der Waals surface area contributed by atoms with Crippen LogP contribution in [0, 0.1) is 5.82 Å². The van der Waals surface area contributed by atoms with Gasteiger partial charge in [-0.2, -0.15) is 0 Å². The first kappa shape index (κ1) is 14.4. The highest BCUT2D eigenvalue weighted by Crippen LogP contribution is 2.30. The van der Waals surface area contributed by atoms with Crippen molar-refractivity contribution in [3.63, 3.8) is 0 Å². The predicted molar refractivity (Wildman–Crippen MR) is 79.9 cm³/mol. The van der Waals surface area contributed by atoms with Gasteiger partial charge >= 0.3 is 0 Å². The second kappa shape index (κ2) is 6.00. The van der Waals surface area contributed by atoms with Gasteiger partial charge in [-0.3, -0.25) is 0 Å². The molecule has 19 heavy (non-hydrogen) atoms. The van der Waals surface area contributed by atoms with Crippen LogP contribution in [-0.2, 0) is 0 Å². The minimum atomic E-state index is -0.612. The Bertz CT molecular complexity index is 578. The number of rotatable bonds is 3. The van der Waals surface area contributed by atoms with Gasteiger partial charge in [-0.15, -0.1) is 0 Å². The number of hydrogen-bond acceptors (Lipinski definition) is 1. The molecule has 0 radical (unpaired) electrons. The summed E-state index contributed by atoms with van der Waals surface area (Å²) in [5.41, 5.74) is 1.59. The lowest BCUT2D eigenvalue weighted by Gasteiger charge is -2.17. The summed E-state index contributed by atoms with van der Waals surface area (Å²) in [6.45, 7) is 1.95. The van der Waals surface area contributed by atoms with E-state index in [1.165, 1.54) is 12.1 Å². The molecular formula is C14H11Cl3FN. The molecule has 2 aromatic rings. The normalized spacial score (nSPS) is 12.3. The van der Waals surface area contributed by atoms with Crippen molar-refractivity contribution < 1.29 is 4.39 Å². The van der Waals surface area contributed by atoms with Gasteiger partial charge in [0.2, 0.25) is 0 Å². The molecule has 1 unspecified atom stereocenters. The Kier molecular flexibility index (Phi) is 4.56. The largest absolute Gasteiger partial charge is 0.378 e. The minimum absolute atomic E-state index is 0.0126. The molecule has 100 valence electrons. The van der Waals surface area contributed by atoms with E-state index in [0.717, 1.165) is 5.56 Å². The van der Waals surface area contributed by atoms with E-state index in [4.69, 9.17) is 34.8 Å². The molecule has 0 saturated carbocycles. The number of benzene rings is 2. The highest BCUT2D eigenvalue weighted by atomic mass is 35.5. The highest BCUT2D eigenvalue weighted by molar-refractivity contribution is 6.35. The van der Waals surface area contributed by atoms with Crippen LogP contribution in [-0.4, -0.2) is 0 Å². The average Bonchev–Trinajstić information content (AvgIpc) is 2.36. The molecule has 1 nitrogen and oxygen atoms in total. The van der Waals surface area contributed by atoms with Crippen LogP contribution in [0.15, 0.2) is 36.4 Å². The van der Waals surface area contributed by atoms with Crippen LogP contribution in [0.1, 0.15) is 18.5 Å². The third-order valence-corrected chi connectivity index (χ3v) is 3.63. The number of nitrogens with one attached hydrogen (secondary N) is 1. The molecule has 0 amide bonds. The van der Waals surface area contributed by atoms with Crippen molar-refractivity contribution in [3.8, 4) is 0 Å². The monoisotopic (exact) mass is 317 g/mol. The second-order valence-corrected chi connectivity index (χ2v) is 5.36. The van der Waals surface area contributed by atoms with E-state index in [0.29, 0.717) is 10.7 Å². The zero-order valence-electron chi connectivity index (χ0n) is 10.1. The minimum Gasteiger partial charge on any atom is -0.378 e. The van der Waals surface area contributed by atoms with Crippen molar-refractivity contribution in [2.24, 2.45) is 0 Å². The van der Waals surface area contributed by atoms with Crippen LogP contribution in [0.5, 0.6) is 0 Å². The SMILES string of the molecule is CC(Nc1cc(Cl)c(F)c(Cl)c1)c1ccccc1Cl. The van der Waals surface area contributed by atoms with Crippen molar-refractivity contribution in [2.75, 3.05) is 5.32 Å². The molecule has 2 aromatic carbocycles. The predicted octanol–water partition coefficient (Wildman–Crippen LogP) is 5.96. The molecular weight excluding hydrogens is 308 g/mol. The van der Waals surface area contributed by atoms with Crippen LogP contribution in [0.4, 0.5) is 10.1 Å². The molecule has 1 atom stereocenters. The van der Waals surface area contributed by atoms with Crippen molar-refractivity contribution in [1.29, 1.82) is 0 Å². The van der Waals surface area contributed by atoms with E-state index in [2.05, 4.69) is 5.32 Å². The van der Waals surface area contributed by atoms with E-state index in [1.807, 2.05) is 31.2 Å². The Labute approximate surface area is 126 Å². The quantitative estimate of drug-likeness (QED) is 0.689. The summed E-state index contributed by atoms with van der Waals surface area (Å²) in [6.07, 6.45) is 0. The van der Waals surface area contributed by atoms with Crippen LogP contribution in [0.2, 0.25) is 15.1 Å². The Morgan fingerprint density at radius 2 is 1.58 bits per heavy atom. The first-order valence-corrected chi connectivity index (χ1v) is 6.78. The van der Waals surface area contributed by atoms with Crippen molar-refractivity contribution >= 4 is 40.5 Å². The van der Waals surface area contributed by atoms with Gasteiger partial charge in [0.15, 0.2) is 5.82 Å². The zero-order valence-corrected chi connectivity index (χ0v) is 12.3. The fourth-order valence-electron chi connectivity index (χ4n) is 1.79. The summed E-state index contributed by atoms with van der Waals surface area (Å²) in [5.74, 6) is -0.612. The Balaban J connectivity index is 2.24. The highest BCUT2D eigenvalue weighted by Gasteiger charge is 2.12. The van der Waals surface area contributed by atoms with Gasteiger partial charge in [0.1, 0.15) is 0 Å². The molecule has 0 aliphatic heterocycles. The second-order valence-electron chi connectivity index (χ2n) is 4.14. The number of halogens is 4. The molecule has 0 bridgehead atoms. The topological polar surface area (TPSA) is 12.0 Å². The molecule has 0 aliphatic carbocycles. The summed E-state index contributed by atoms with van der Waals surface area (Å²) < 4.78 is 13.3. The van der Waals surface area contributed by atoms with Crippen LogP contribution in [0.3, 0.4) is 0 Å². The van der Waals surface area contributed by atoms with Crippen LogP contribution in [0.25, 0.3) is 0 Å². The van der Waals surface area contributed by atoms with E-state index in [1.54, 1.807) is 0 Å². The van der Waals surface area contributed by atoms with Gasteiger partial charge in [-0.25, -0.2) is 4.39 Å². The molecule has 0 saturated heterocycles. The van der Waals surface area contributed by atoms with Crippen molar-refractivity contribution in [2.45, 2.75) is 13.0 Å². The number of hydrogen-bond donors (Lipinski definition) is 1. The first-order valence-electron chi connectivity index (χ1n) is 5.64. The Morgan fingerprint density at radius 1 is 1.00 bits per heavy atom. The lowest BCUT2D eigenvalue weighted by atomic mass is 10.1. The van der Waals surface area contributed by atoms with Crippen LogP contribution >= 0.6 is 34.8 Å². The van der Waals surface area contributed by atoms with Crippen molar-refractivity contribution in [1.82, 2.24) is 0 Å². The molecule has 0 spiro atoms. The molecule has 2 rings (SSSR count). The van der Waals surface area contributed by atoms with Gasteiger partial charge in [-0.1, -0.05) is 53.0 Å². The molecule has 0 aromatic heterocycles. The molecule has 0 aliphatic rings. The maximum atomic E-state index is 13.3.